The number of amides is 2. The highest BCUT2D eigenvalue weighted by Crippen LogP contribution is 2.57. The third-order valence-corrected chi connectivity index (χ3v) is 7.85. The zero-order chi connectivity index (χ0) is 28.8. The number of nitrogens with one attached hydrogen (secondary N) is 3. The van der Waals surface area contributed by atoms with Gasteiger partial charge in [0.1, 0.15) is 11.2 Å². The van der Waals surface area contributed by atoms with E-state index in [1.807, 2.05) is 20.8 Å². The second-order valence-corrected chi connectivity index (χ2v) is 12.1. The van der Waals surface area contributed by atoms with Crippen molar-refractivity contribution >= 4 is 46.7 Å². The summed E-state index contributed by atoms with van der Waals surface area (Å²) in [5.74, 6) is -1.83. The highest BCUT2D eigenvalue weighted by molar-refractivity contribution is 6.31. The molecule has 0 bridgehead atoms. The Balaban J connectivity index is 1.61. The summed E-state index contributed by atoms with van der Waals surface area (Å²) in [4.78, 5) is 27.2. The first kappa shape index (κ1) is 28.4. The predicted molar refractivity (Wildman–Crippen MR) is 150 cm³/mol. The van der Waals surface area contributed by atoms with Crippen LogP contribution in [0.1, 0.15) is 44.2 Å². The Labute approximate surface area is 241 Å². The molecule has 2 aliphatic heterocycles. The van der Waals surface area contributed by atoms with Crippen LogP contribution in [-0.2, 0) is 21.5 Å². The van der Waals surface area contributed by atoms with Crippen molar-refractivity contribution in [1.29, 1.82) is 0 Å². The molecule has 0 radical (unpaired) electrons. The molecule has 3 heterocycles. The monoisotopic (exact) mass is 589 g/mol. The van der Waals surface area contributed by atoms with Crippen LogP contribution >= 0.6 is 23.2 Å². The highest BCUT2D eigenvalue weighted by Gasteiger charge is 2.66. The Kier molecular flexibility index (Phi) is 7.56. The molecule has 9 nitrogen and oxygen atoms in total. The Morgan fingerprint density at radius 1 is 1.25 bits per heavy atom. The lowest BCUT2D eigenvalue weighted by molar-refractivity contribution is -0.122. The fraction of sp³-hybridized carbons (Fsp3) is 0.393. The summed E-state index contributed by atoms with van der Waals surface area (Å²) in [5, 5.41) is 22.5. The number of rotatable bonds is 6. The van der Waals surface area contributed by atoms with E-state index in [0.29, 0.717) is 22.7 Å². The van der Waals surface area contributed by atoms with E-state index in [9.17, 15) is 9.59 Å². The molecule has 1 aromatic heterocycles. The normalized spacial score (nSPS) is 23.8. The maximum absolute atomic E-state index is 15.8. The van der Waals surface area contributed by atoms with E-state index < -0.39 is 35.5 Å². The minimum absolute atomic E-state index is 0.112. The smallest absolute Gasteiger partial charge is 0.414 e. The third kappa shape index (κ3) is 5.05. The molecular weight excluding hydrogens is 560 g/mol. The second kappa shape index (κ2) is 10.7. The first-order chi connectivity index (χ1) is 18.9. The molecule has 212 valence electrons. The number of nitrogens with zero attached hydrogens (tertiary/aromatic N) is 2. The van der Waals surface area contributed by atoms with E-state index in [2.05, 4.69) is 21.0 Å². The van der Waals surface area contributed by atoms with Gasteiger partial charge in [0.25, 0.3) is 0 Å². The number of hydrogen-bond donors (Lipinski definition) is 4. The molecule has 1 fully saturated rings. The molecule has 1 saturated heterocycles. The number of ether oxygens (including phenoxy) is 1. The van der Waals surface area contributed by atoms with Crippen molar-refractivity contribution in [2.24, 2.45) is 5.41 Å². The van der Waals surface area contributed by atoms with Gasteiger partial charge in [0.2, 0.25) is 5.91 Å². The largest absolute Gasteiger partial charge is 0.429 e. The number of anilines is 2. The molecule has 0 aliphatic carbocycles. The van der Waals surface area contributed by atoms with Crippen molar-refractivity contribution in [3.63, 3.8) is 0 Å². The number of aliphatic hydroxyl groups is 1. The van der Waals surface area contributed by atoms with Crippen LogP contribution in [0.4, 0.5) is 20.7 Å². The number of hydrogen-bond acceptors (Lipinski definition) is 6. The van der Waals surface area contributed by atoms with E-state index in [1.165, 1.54) is 10.7 Å². The molecule has 2 aliphatic rings. The van der Waals surface area contributed by atoms with Crippen LogP contribution in [0.25, 0.3) is 0 Å². The molecule has 0 saturated carbocycles. The summed E-state index contributed by atoms with van der Waals surface area (Å²) < 4.78 is 23.1. The Hall–Kier alpha value is -3.18. The number of carbonyl (C=O) groups excluding carboxylic acids is 2. The van der Waals surface area contributed by atoms with Crippen LogP contribution in [0, 0.1) is 11.2 Å². The van der Waals surface area contributed by atoms with Crippen molar-refractivity contribution in [3.05, 3.63) is 75.7 Å². The molecular formula is C28H30Cl2FN5O4. The molecule has 2 amide bonds. The fourth-order valence-corrected chi connectivity index (χ4v) is 6.23. The molecule has 40 heavy (non-hydrogen) atoms. The van der Waals surface area contributed by atoms with Crippen molar-refractivity contribution in [3.8, 4) is 0 Å². The lowest BCUT2D eigenvalue weighted by Crippen LogP contribution is -2.49. The van der Waals surface area contributed by atoms with Crippen molar-refractivity contribution in [2.75, 3.05) is 17.2 Å². The van der Waals surface area contributed by atoms with Gasteiger partial charge in [0.15, 0.2) is 12.0 Å². The van der Waals surface area contributed by atoms with Crippen LogP contribution in [0.2, 0.25) is 10.0 Å². The van der Waals surface area contributed by atoms with E-state index in [0.717, 1.165) is 0 Å². The van der Waals surface area contributed by atoms with Crippen LogP contribution in [0.5, 0.6) is 0 Å². The summed E-state index contributed by atoms with van der Waals surface area (Å²) in [5.41, 5.74) is -0.326. The second-order valence-electron chi connectivity index (χ2n) is 11.3. The van der Waals surface area contributed by atoms with Gasteiger partial charge in [-0.2, -0.15) is 5.10 Å². The molecule has 4 atom stereocenters. The van der Waals surface area contributed by atoms with Gasteiger partial charge < -0.3 is 15.2 Å². The number of fused-ring (bicyclic) bond motifs is 2. The minimum Gasteiger partial charge on any atom is -0.429 e. The molecule has 4 N–H and O–H groups in total. The predicted octanol–water partition coefficient (Wildman–Crippen LogP) is 5.28. The maximum Gasteiger partial charge on any atom is 0.414 e. The number of aromatic nitrogens is 2. The van der Waals surface area contributed by atoms with Gasteiger partial charge in [0.05, 0.1) is 24.1 Å². The van der Waals surface area contributed by atoms with Crippen LogP contribution in [0.3, 0.4) is 0 Å². The van der Waals surface area contributed by atoms with Crippen molar-refractivity contribution < 1.29 is 23.8 Å². The SMILES string of the molecule is CC(C)(C)C[C@@H]1N[C@H](OC(=O)Nc2ccn(CCO)n2)[C@H](c2cccc(Cl)c2F)[C@]12C(=O)Nc1cc(Cl)ccc12. The number of aliphatic hydroxyl groups excluding tert-OH is 1. The van der Waals surface area contributed by atoms with E-state index in [-0.39, 0.29) is 40.9 Å². The quantitative estimate of drug-likeness (QED) is 0.311. The number of halogens is 3. The van der Waals surface area contributed by atoms with Gasteiger partial charge in [-0.3, -0.25) is 20.1 Å². The number of carbonyl (C=O) groups is 2. The Morgan fingerprint density at radius 3 is 2.75 bits per heavy atom. The highest BCUT2D eigenvalue weighted by atomic mass is 35.5. The van der Waals surface area contributed by atoms with Crippen molar-refractivity contribution in [2.45, 2.75) is 57.3 Å². The number of benzene rings is 2. The van der Waals surface area contributed by atoms with E-state index in [4.69, 9.17) is 33.0 Å². The Bertz CT molecular complexity index is 1460. The van der Waals surface area contributed by atoms with Gasteiger partial charge in [-0.15, -0.1) is 0 Å². The first-order valence-corrected chi connectivity index (χ1v) is 13.6. The lowest BCUT2D eigenvalue weighted by atomic mass is 9.63. The minimum atomic E-state index is -1.35. The van der Waals surface area contributed by atoms with Crippen molar-refractivity contribution in [1.82, 2.24) is 15.1 Å². The topological polar surface area (TPSA) is 118 Å². The van der Waals surface area contributed by atoms with Crippen LogP contribution in [-0.4, -0.2) is 45.8 Å². The van der Waals surface area contributed by atoms with Gasteiger partial charge >= 0.3 is 6.09 Å². The molecule has 0 unspecified atom stereocenters. The molecule has 2 aromatic carbocycles. The van der Waals surface area contributed by atoms with Gasteiger partial charge in [-0.25, -0.2) is 9.18 Å². The summed E-state index contributed by atoms with van der Waals surface area (Å²) in [6.45, 7) is 6.26. The molecule has 12 heteroatoms. The zero-order valence-corrected chi connectivity index (χ0v) is 23.7. The third-order valence-electron chi connectivity index (χ3n) is 7.33. The lowest BCUT2D eigenvalue weighted by Gasteiger charge is -2.37. The van der Waals surface area contributed by atoms with E-state index >= 15 is 4.39 Å². The molecule has 3 aromatic rings. The van der Waals surface area contributed by atoms with Gasteiger partial charge in [0, 0.05) is 29.0 Å². The molecule has 1 spiro atoms. The van der Waals surface area contributed by atoms with Crippen LogP contribution < -0.4 is 16.0 Å². The summed E-state index contributed by atoms with van der Waals surface area (Å²) in [6, 6.07) is 10.7. The standard InChI is InChI=1S/C28H30Cl2FN5O4/c1-27(2,3)14-20-28(17-8-7-15(29)13-19(17)32-25(28)38)22(16-5-4-6-18(30)23(16)31)24(33-20)40-26(39)34-21-9-10-36(35-21)11-12-37/h4-10,13,20,22,24,33,37H,11-12,14H2,1-3H3,(H,32,38)(H,34,35,39)/t20-,22-,24+,28+/m0/s1. The zero-order valence-electron chi connectivity index (χ0n) is 22.2. The average Bonchev–Trinajstić information content (AvgIpc) is 3.50. The summed E-state index contributed by atoms with van der Waals surface area (Å²) >= 11 is 12.5. The average molecular weight is 590 g/mol. The van der Waals surface area contributed by atoms with Gasteiger partial charge in [-0.1, -0.05) is 62.2 Å². The summed E-state index contributed by atoms with van der Waals surface area (Å²) in [6.07, 6.45) is 0.129. The van der Waals surface area contributed by atoms with Gasteiger partial charge in [-0.05, 0) is 41.2 Å². The fourth-order valence-electron chi connectivity index (χ4n) is 5.87. The maximum atomic E-state index is 15.8. The van der Waals surface area contributed by atoms with E-state index in [1.54, 1.807) is 42.6 Å². The first-order valence-electron chi connectivity index (χ1n) is 12.9. The molecule has 5 rings (SSSR count). The van der Waals surface area contributed by atoms with Crippen LogP contribution in [0.15, 0.2) is 48.7 Å². The Morgan fingerprint density at radius 2 is 2.02 bits per heavy atom. The summed E-state index contributed by atoms with van der Waals surface area (Å²) in [7, 11) is 0.